The summed E-state index contributed by atoms with van der Waals surface area (Å²) in [5.74, 6) is 2.10. The van der Waals surface area contributed by atoms with E-state index in [1.165, 1.54) is 25.0 Å². The van der Waals surface area contributed by atoms with Gasteiger partial charge < -0.3 is 5.11 Å². The lowest BCUT2D eigenvalue weighted by atomic mass is 10.3. The summed E-state index contributed by atoms with van der Waals surface area (Å²) < 4.78 is 0. The molecule has 0 amide bonds. The van der Waals surface area contributed by atoms with Crippen molar-refractivity contribution < 1.29 is 5.11 Å². The van der Waals surface area contributed by atoms with Crippen LogP contribution in [0, 0.1) is 0 Å². The van der Waals surface area contributed by atoms with Gasteiger partial charge in [-0.15, -0.1) is 0 Å². The summed E-state index contributed by atoms with van der Waals surface area (Å²) in [5, 5.41) is 8.89. The number of unbranched alkanes of at least 4 members (excludes halogenated alkanes) is 2. The quantitative estimate of drug-likeness (QED) is 0.605. The molecule has 1 N–H and O–H groups in total. The van der Waals surface area contributed by atoms with Gasteiger partial charge in [-0.1, -0.05) is 19.8 Å². The Balaban J connectivity index is 2.77. The third-order valence-electron chi connectivity index (χ3n) is 1.25. The predicted octanol–water partition coefficient (Wildman–Crippen LogP) is 2.29. The van der Waals surface area contributed by atoms with E-state index in [0.29, 0.717) is 0 Å². The maximum absolute atomic E-state index is 8.89. The van der Waals surface area contributed by atoms with Crippen LogP contribution in [0.4, 0.5) is 0 Å². The Morgan fingerprint density at radius 3 is 2.60 bits per heavy atom. The van der Waals surface area contributed by atoms with Crippen LogP contribution >= 0.6 is 11.8 Å². The van der Waals surface area contributed by atoms with Crippen molar-refractivity contribution in [2.75, 3.05) is 11.5 Å². The van der Waals surface area contributed by atoms with Crippen molar-refractivity contribution in [1.82, 2.24) is 0 Å². The van der Waals surface area contributed by atoms with Gasteiger partial charge in [-0.3, -0.25) is 0 Å². The standard InChI is InChI=1S/C8H18OS/c1-3-4-5-6-10-7-8(2)9/h8-9H,3-7H2,1-2H3/t8-/m0/s1. The van der Waals surface area contributed by atoms with Crippen molar-refractivity contribution in [3.05, 3.63) is 0 Å². The van der Waals surface area contributed by atoms with E-state index in [4.69, 9.17) is 5.11 Å². The van der Waals surface area contributed by atoms with E-state index in [9.17, 15) is 0 Å². The molecule has 1 nitrogen and oxygen atoms in total. The number of aliphatic hydroxyl groups is 1. The molecular weight excluding hydrogens is 144 g/mol. The SMILES string of the molecule is CCCCCSC[C@H](C)O. The highest BCUT2D eigenvalue weighted by molar-refractivity contribution is 7.99. The van der Waals surface area contributed by atoms with Crippen molar-refractivity contribution in [2.24, 2.45) is 0 Å². The van der Waals surface area contributed by atoms with Crippen LogP contribution in [0.3, 0.4) is 0 Å². The maximum Gasteiger partial charge on any atom is 0.0602 e. The van der Waals surface area contributed by atoms with Crippen LogP contribution in [-0.2, 0) is 0 Å². The maximum atomic E-state index is 8.89. The minimum absolute atomic E-state index is 0.133. The highest BCUT2D eigenvalue weighted by Gasteiger charge is 1.94. The first kappa shape index (κ1) is 10.3. The van der Waals surface area contributed by atoms with Gasteiger partial charge >= 0.3 is 0 Å². The Kier molecular flexibility index (Phi) is 7.65. The minimum atomic E-state index is -0.133. The Labute approximate surface area is 68.2 Å². The molecule has 0 aliphatic carbocycles. The first-order chi connectivity index (χ1) is 4.77. The summed E-state index contributed by atoms with van der Waals surface area (Å²) in [6.45, 7) is 4.05. The molecule has 2 heteroatoms. The van der Waals surface area contributed by atoms with E-state index in [2.05, 4.69) is 6.92 Å². The first-order valence-corrected chi connectivity index (χ1v) is 5.18. The summed E-state index contributed by atoms with van der Waals surface area (Å²) in [4.78, 5) is 0. The molecule has 0 fully saturated rings. The van der Waals surface area contributed by atoms with Gasteiger partial charge in [0.05, 0.1) is 6.10 Å². The normalized spacial score (nSPS) is 13.5. The Morgan fingerprint density at radius 1 is 1.40 bits per heavy atom. The van der Waals surface area contributed by atoms with Gasteiger partial charge in [-0.2, -0.15) is 11.8 Å². The molecule has 0 aromatic carbocycles. The monoisotopic (exact) mass is 162 g/mol. The zero-order valence-electron chi connectivity index (χ0n) is 6.97. The number of rotatable bonds is 6. The smallest absolute Gasteiger partial charge is 0.0602 e. The predicted molar refractivity (Wildman–Crippen MR) is 48.5 cm³/mol. The van der Waals surface area contributed by atoms with Gasteiger partial charge in [0.2, 0.25) is 0 Å². The molecule has 0 aliphatic heterocycles. The van der Waals surface area contributed by atoms with Crippen LogP contribution in [0.2, 0.25) is 0 Å². The highest BCUT2D eigenvalue weighted by atomic mass is 32.2. The van der Waals surface area contributed by atoms with Crippen molar-refractivity contribution in [3.8, 4) is 0 Å². The molecular formula is C8H18OS. The topological polar surface area (TPSA) is 20.2 Å². The van der Waals surface area contributed by atoms with Crippen LogP contribution in [0.1, 0.15) is 33.1 Å². The number of thioether (sulfide) groups is 1. The molecule has 0 aromatic rings. The zero-order valence-corrected chi connectivity index (χ0v) is 7.78. The van der Waals surface area contributed by atoms with Gasteiger partial charge in [0, 0.05) is 5.75 Å². The molecule has 0 aromatic heterocycles. The Hall–Kier alpha value is 0.310. The number of hydrogen-bond donors (Lipinski definition) is 1. The number of hydrogen-bond acceptors (Lipinski definition) is 2. The minimum Gasteiger partial charge on any atom is -0.393 e. The van der Waals surface area contributed by atoms with Crippen LogP contribution in [0.25, 0.3) is 0 Å². The fourth-order valence-corrected chi connectivity index (χ4v) is 1.62. The molecule has 0 unspecified atom stereocenters. The van der Waals surface area contributed by atoms with Crippen LogP contribution in [0.15, 0.2) is 0 Å². The van der Waals surface area contributed by atoms with E-state index < -0.39 is 0 Å². The molecule has 10 heavy (non-hydrogen) atoms. The van der Waals surface area contributed by atoms with E-state index in [0.717, 1.165) is 5.75 Å². The van der Waals surface area contributed by atoms with E-state index in [1.54, 1.807) is 0 Å². The van der Waals surface area contributed by atoms with Crippen LogP contribution in [0.5, 0.6) is 0 Å². The van der Waals surface area contributed by atoms with Crippen molar-refractivity contribution in [3.63, 3.8) is 0 Å². The third-order valence-corrected chi connectivity index (χ3v) is 2.55. The third kappa shape index (κ3) is 8.31. The van der Waals surface area contributed by atoms with Gasteiger partial charge in [-0.25, -0.2) is 0 Å². The van der Waals surface area contributed by atoms with Gasteiger partial charge in [-0.05, 0) is 19.1 Å². The molecule has 0 heterocycles. The van der Waals surface area contributed by atoms with E-state index in [-0.39, 0.29) is 6.10 Å². The fraction of sp³-hybridized carbons (Fsp3) is 1.00. The molecule has 0 bridgehead atoms. The molecule has 0 rings (SSSR count). The van der Waals surface area contributed by atoms with Crippen molar-refractivity contribution in [1.29, 1.82) is 0 Å². The van der Waals surface area contributed by atoms with Gasteiger partial charge in [0.25, 0.3) is 0 Å². The molecule has 62 valence electrons. The molecule has 0 radical (unpaired) electrons. The highest BCUT2D eigenvalue weighted by Crippen LogP contribution is 2.07. The molecule has 0 aliphatic rings. The average Bonchev–Trinajstić information content (AvgIpc) is 1.87. The largest absolute Gasteiger partial charge is 0.393 e. The van der Waals surface area contributed by atoms with E-state index >= 15 is 0 Å². The first-order valence-electron chi connectivity index (χ1n) is 4.03. The van der Waals surface area contributed by atoms with Crippen molar-refractivity contribution in [2.45, 2.75) is 39.2 Å². The lowest BCUT2D eigenvalue weighted by Gasteiger charge is -2.02. The Bertz CT molecular complexity index is 64.3. The Morgan fingerprint density at radius 2 is 2.10 bits per heavy atom. The lowest BCUT2D eigenvalue weighted by Crippen LogP contribution is -2.03. The molecule has 1 atom stereocenters. The second kappa shape index (κ2) is 7.42. The lowest BCUT2D eigenvalue weighted by molar-refractivity contribution is 0.220. The molecule has 0 spiro atoms. The summed E-state index contributed by atoms with van der Waals surface area (Å²) >= 11 is 1.85. The van der Waals surface area contributed by atoms with Crippen LogP contribution < -0.4 is 0 Å². The summed E-state index contributed by atoms with van der Waals surface area (Å²) in [6.07, 6.45) is 3.78. The summed E-state index contributed by atoms with van der Waals surface area (Å²) in [6, 6.07) is 0. The second-order valence-corrected chi connectivity index (χ2v) is 3.78. The van der Waals surface area contributed by atoms with Gasteiger partial charge in [0.1, 0.15) is 0 Å². The average molecular weight is 162 g/mol. The number of aliphatic hydroxyl groups excluding tert-OH is 1. The summed E-state index contributed by atoms with van der Waals surface area (Å²) in [5.41, 5.74) is 0. The summed E-state index contributed by atoms with van der Waals surface area (Å²) in [7, 11) is 0. The second-order valence-electron chi connectivity index (χ2n) is 2.63. The van der Waals surface area contributed by atoms with Crippen molar-refractivity contribution >= 4 is 11.8 Å². The van der Waals surface area contributed by atoms with Gasteiger partial charge in [0.15, 0.2) is 0 Å². The fourth-order valence-electron chi connectivity index (χ4n) is 0.708. The molecule has 0 saturated heterocycles. The zero-order chi connectivity index (χ0) is 7.82. The molecule has 0 saturated carbocycles. The van der Waals surface area contributed by atoms with E-state index in [1.807, 2.05) is 18.7 Å². The van der Waals surface area contributed by atoms with Crippen LogP contribution in [-0.4, -0.2) is 22.7 Å².